The highest BCUT2D eigenvalue weighted by Crippen LogP contribution is 2.28. The Labute approximate surface area is 103 Å². The molecule has 0 bridgehead atoms. The topological polar surface area (TPSA) is 15.3 Å². The van der Waals surface area contributed by atoms with Crippen LogP contribution in [0.3, 0.4) is 0 Å². The lowest BCUT2D eigenvalue weighted by Gasteiger charge is -2.21. The van der Waals surface area contributed by atoms with Crippen LogP contribution in [0.2, 0.25) is 0 Å². The molecular weight excluding hydrogens is 215 g/mol. The molecule has 0 radical (unpaired) electrons. The van der Waals surface area contributed by atoms with E-state index in [9.17, 15) is 4.39 Å². The van der Waals surface area contributed by atoms with Crippen molar-refractivity contribution in [2.24, 2.45) is 0 Å². The van der Waals surface area contributed by atoms with Crippen LogP contribution in [0.15, 0.2) is 12.1 Å². The van der Waals surface area contributed by atoms with E-state index in [-0.39, 0.29) is 5.82 Å². The van der Waals surface area contributed by atoms with Crippen LogP contribution in [0.1, 0.15) is 24.5 Å². The molecule has 1 heterocycles. The van der Waals surface area contributed by atoms with Gasteiger partial charge in [-0.25, -0.2) is 4.39 Å². The second-order valence-electron chi connectivity index (χ2n) is 4.77. The van der Waals surface area contributed by atoms with E-state index in [1.807, 2.05) is 33.0 Å². The molecule has 2 rings (SSSR count). The Hall–Kier alpha value is -1.09. The van der Waals surface area contributed by atoms with E-state index >= 15 is 0 Å². The maximum Gasteiger partial charge on any atom is 0.149 e. The summed E-state index contributed by atoms with van der Waals surface area (Å²) >= 11 is 0. The molecule has 1 atom stereocenters. The van der Waals surface area contributed by atoms with Crippen LogP contribution >= 0.6 is 0 Å². The molecule has 0 aliphatic carbocycles. The monoisotopic (exact) mass is 236 g/mol. The fourth-order valence-electron chi connectivity index (χ4n) is 2.60. The van der Waals surface area contributed by atoms with E-state index in [0.29, 0.717) is 6.04 Å². The van der Waals surface area contributed by atoms with E-state index in [4.69, 9.17) is 0 Å². The third kappa shape index (κ3) is 2.29. The van der Waals surface area contributed by atoms with Gasteiger partial charge in [-0.1, -0.05) is 13.0 Å². The van der Waals surface area contributed by atoms with Gasteiger partial charge in [0.05, 0.1) is 5.69 Å². The molecule has 1 aliphatic rings. The average molecular weight is 236 g/mol. The predicted octanol–water partition coefficient (Wildman–Crippen LogP) is 2.49. The fourth-order valence-corrected chi connectivity index (χ4v) is 2.60. The Morgan fingerprint density at radius 1 is 1.47 bits per heavy atom. The van der Waals surface area contributed by atoms with Crippen molar-refractivity contribution in [2.75, 3.05) is 25.0 Å². The third-order valence-corrected chi connectivity index (χ3v) is 3.75. The molecule has 17 heavy (non-hydrogen) atoms. The minimum absolute atomic E-state index is 0.0238. The fraction of sp³-hybridized carbons (Fsp3) is 0.571. The van der Waals surface area contributed by atoms with Crippen LogP contribution in [0, 0.1) is 12.7 Å². The predicted molar refractivity (Wildman–Crippen MR) is 70.2 cm³/mol. The summed E-state index contributed by atoms with van der Waals surface area (Å²) in [6, 6.07) is 4.44. The van der Waals surface area contributed by atoms with Gasteiger partial charge in [0.2, 0.25) is 0 Å². The molecule has 1 aromatic carbocycles. The first-order chi connectivity index (χ1) is 8.17. The Balaban J connectivity index is 2.28. The van der Waals surface area contributed by atoms with Crippen molar-refractivity contribution in [3.8, 4) is 0 Å². The van der Waals surface area contributed by atoms with Gasteiger partial charge in [-0.2, -0.15) is 0 Å². The zero-order chi connectivity index (χ0) is 12.4. The van der Waals surface area contributed by atoms with E-state index < -0.39 is 0 Å². The summed E-state index contributed by atoms with van der Waals surface area (Å²) in [4.78, 5) is 2.15. The Morgan fingerprint density at radius 2 is 2.24 bits per heavy atom. The highest BCUT2D eigenvalue weighted by Gasteiger charge is 2.24. The number of anilines is 1. The van der Waals surface area contributed by atoms with Crippen LogP contribution < -0.4 is 10.2 Å². The maximum absolute atomic E-state index is 14.4. The Kier molecular flexibility index (Phi) is 3.67. The number of aryl methyl sites for hydroxylation is 1. The van der Waals surface area contributed by atoms with Gasteiger partial charge in [0.25, 0.3) is 0 Å². The molecule has 2 nitrogen and oxygen atoms in total. The smallest absolute Gasteiger partial charge is 0.149 e. The second kappa shape index (κ2) is 5.05. The molecular formula is C14H21FN2. The van der Waals surface area contributed by atoms with Crippen molar-refractivity contribution in [1.82, 2.24) is 5.32 Å². The number of halogens is 1. The first-order valence-corrected chi connectivity index (χ1v) is 6.37. The summed E-state index contributed by atoms with van der Waals surface area (Å²) in [5.74, 6) is -0.0238. The summed E-state index contributed by atoms with van der Waals surface area (Å²) in [5, 5.41) is 3.26. The van der Waals surface area contributed by atoms with Gasteiger partial charge in [-0.15, -0.1) is 0 Å². The van der Waals surface area contributed by atoms with Crippen molar-refractivity contribution in [3.63, 3.8) is 0 Å². The molecule has 1 aliphatic heterocycles. The molecule has 0 aromatic heterocycles. The minimum atomic E-state index is -0.0238. The van der Waals surface area contributed by atoms with Gasteiger partial charge in [0.15, 0.2) is 0 Å². The first-order valence-electron chi connectivity index (χ1n) is 6.37. The minimum Gasteiger partial charge on any atom is -0.368 e. The van der Waals surface area contributed by atoms with Crippen molar-refractivity contribution >= 4 is 5.69 Å². The van der Waals surface area contributed by atoms with Gasteiger partial charge in [-0.05, 0) is 44.0 Å². The summed E-state index contributed by atoms with van der Waals surface area (Å²) < 4.78 is 14.4. The highest BCUT2D eigenvalue weighted by molar-refractivity contribution is 5.53. The number of hydrogen-bond acceptors (Lipinski definition) is 2. The summed E-state index contributed by atoms with van der Waals surface area (Å²) in [6.45, 7) is 5.83. The Bertz CT molecular complexity index is 403. The third-order valence-electron chi connectivity index (χ3n) is 3.75. The van der Waals surface area contributed by atoms with Crippen LogP contribution in [-0.2, 0) is 6.42 Å². The standard InChI is InChI=1S/C14H21FN2/c1-4-12-10(2)5-6-13(14(12)15)17-8-7-11(9-17)16-3/h5-6,11,16H,4,7-9H2,1-3H3. The molecule has 1 saturated heterocycles. The number of rotatable bonds is 3. The number of benzene rings is 1. The maximum atomic E-state index is 14.4. The number of nitrogens with one attached hydrogen (secondary N) is 1. The van der Waals surface area contributed by atoms with Crippen LogP contribution in [0.4, 0.5) is 10.1 Å². The molecule has 0 spiro atoms. The van der Waals surface area contributed by atoms with Gasteiger partial charge >= 0.3 is 0 Å². The molecule has 3 heteroatoms. The van der Waals surface area contributed by atoms with E-state index in [0.717, 1.165) is 42.7 Å². The molecule has 1 unspecified atom stereocenters. The van der Waals surface area contributed by atoms with Gasteiger partial charge in [0, 0.05) is 19.1 Å². The quantitative estimate of drug-likeness (QED) is 0.867. The van der Waals surface area contributed by atoms with Gasteiger partial charge in [0.1, 0.15) is 5.82 Å². The van der Waals surface area contributed by atoms with Crippen molar-refractivity contribution < 1.29 is 4.39 Å². The molecule has 1 N–H and O–H groups in total. The summed E-state index contributed by atoms with van der Waals surface area (Å²) in [6.07, 6.45) is 1.85. The summed E-state index contributed by atoms with van der Waals surface area (Å²) in [5.41, 5.74) is 2.68. The zero-order valence-electron chi connectivity index (χ0n) is 10.9. The number of nitrogens with zero attached hydrogens (tertiary/aromatic N) is 1. The van der Waals surface area contributed by atoms with E-state index in [1.165, 1.54) is 0 Å². The van der Waals surface area contributed by atoms with E-state index in [1.54, 1.807) is 0 Å². The number of likely N-dealkylation sites (N-methyl/N-ethyl adjacent to an activating group) is 1. The Morgan fingerprint density at radius 3 is 2.82 bits per heavy atom. The van der Waals surface area contributed by atoms with Crippen LogP contribution in [0.5, 0.6) is 0 Å². The zero-order valence-corrected chi connectivity index (χ0v) is 10.9. The molecule has 1 fully saturated rings. The lowest BCUT2D eigenvalue weighted by atomic mass is 10.0. The van der Waals surface area contributed by atoms with Gasteiger partial charge in [-0.3, -0.25) is 0 Å². The van der Waals surface area contributed by atoms with Crippen molar-refractivity contribution in [2.45, 2.75) is 32.7 Å². The van der Waals surface area contributed by atoms with Crippen molar-refractivity contribution in [3.05, 3.63) is 29.1 Å². The average Bonchev–Trinajstić information content (AvgIpc) is 2.78. The highest BCUT2D eigenvalue weighted by atomic mass is 19.1. The lowest BCUT2D eigenvalue weighted by Crippen LogP contribution is -2.30. The van der Waals surface area contributed by atoms with Crippen LogP contribution in [0.25, 0.3) is 0 Å². The lowest BCUT2D eigenvalue weighted by molar-refractivity contribution is 0.599. The second-order valence-corrected chi connectivity index (χ2v) is 4.77. The largest absolute Gasteiger partial charge is 0.368 e. The molecule has 94 valence electrons. The molecule has 0 amide bonds. The van der Waals surface area contributed by atoms with Crippen molar-refractivity contribution in [1.29, 1.82) is 0 Å². The SMILES string of the molecule is CCc1c(C)ccc(N2CCC(NC)C2)c1F. The van der Waals surface area contributed by atoms with Crippen LogP contribution in [-0.4, -0.2) is 26.2 Å². The number of hydrogen-bond donors (Lipinski definition) is 1. The first kappa shape index (κ1) is 12.4. The summed E-state index contributed by atoms with van der Waals surface area (Å²) in [7, 11) is 1.97. The van der Waals surface area contributed by atoms with Gasteiger partial charge < -0.3 is 10.2 Å². The molecule has 1 aromatic rings. The molecule has 0 saturated carbocycles. The van der Waals surface area contributed by atoms with E-state index in [2.05, 4.69) is 10.2 Å². The normalized spacial score (nSPS) is 20.0.